The SMILES string of the molecule is O=C1C=CC(=O)C=C1.c1ccc2ccccc2c1. The summed E-state index contributed by atoms with van der Waals surface area (Å²) in [5, 5.41) is 2.62. The van der Waals surface area contributed by atoms with Crippen LogP contribution in [0.25, 0.3) is 10.8 Å². The van der Waals surface area contributed by atoms with Crippen molar-refractivity contribution in [3.05, 3.63) is 72.8 Å². The second-order valence-corrected chi connectivity index (χ2v) is 3.82. The normalized spacial score (nSPS) is 13.3. The summed E-state index contributed by atoms with van der Waals surface area (Å²) in [4.78, 5) is 20.6. The molecule has 0 unspecified atom stereocenters. The zero-order valence-corrected chi connectivity index (χ0v) is 9.74. The molecule has 0 amide bonds. The molecule has 2 aromatic carbocycles. The molecule has 1 aliphatic rings. The minimum atomic E-state index is -0.121. The van der Waals surface area contributed by atoms with E-state index in [1.807, 2.05) is 0 Å². The molecule has 2 nitrogen and oxygen atoms in total. The minimum absolute atomic E-state index is 0.121. The van der Waals surface area contributed by atoms with Gasteiger partial charge in [-0.1, -0.05) is 48.5 Å². The molecule has 2 aromatic rings. The number of carbonyl (C=O) groups excluding carboxylic acids is 2. The fourth-order valence-corrected chi connectivity index (χ4v) is 1.57. The lowest BCUT2D eigenvalue weighted by Gasteiger charge is -1.92. The zero-order valence-electron chi connectivity index (χ0n) is 9.74. The van der Waals surface area contributed by atoms with Crippen molar-refractivity contribution in [1.29, 1.82) is 0 Å². The van der Waals surface area contributed by atoms with Gasteiger partial charge < -0.3 is 0 Å². The first-order chi connectivity index (χ1) is 8.75. The van der Waals surface area contributed by atoms with E-state index in [1.165, 1.54) is 35.1 Å². The van der Waals surface area contributed by atoms with Crippen molar-refractivity contribution in [2.45, 2.75) is 0 Å². The Labute approximate surface area is 105 Å². The van der Waals surface area contributed by atoms with Gasteiger partial charge >= 0.3 is 0 Å². The van der Waals surface area contributed by atoms with Gasteiger partial charge in [-0.3, -0.25) is 9.59 Å². The number of rotatable bonds is 0. The molecular formula is C16H12O2. The third-order valence-corrected chi connectivity index (χ3v) is 2.48. The van der Waals surface area contributed by atoms with Crippen LogP contribution in [0.5, 0.6) is 0 Å². The highest BCUT2D eigenvalue weighted by Gasteiger charge is 1.97. The second-order valence-electron chi connectivity index (χ2n) is 3.82. The molecule has 0 saturated heterocycles. The van der Waals surface area contributed by atoms with Gasteiger partial charge in [-0.05, 0) is 35.1 Å². The van der Waals surface area contributed by atoms with Crippen LogP contribution in [-0.4, -0.2) is 11.6 Å². The summed E-state index contributed by atoms with van der Waals surface area (Å²) in [7, 11) is 0. The van der Waals surface area contributed by atoms with Crippen LogP contribution >= 0.6 is 0 Å². The van der Waals surface area contributed by atoms with Crippen molar-refractivity contribution in [2.24, 2.45) is 0 Å². The predicted molar refractivity (Wildman–Crippen MR) is 72.2 cm³/mol. The molecule has 0 heterocycles. The van der Waals surface area contributed by atoms with Gasteiger partial charge in [0.15, 0.2) is 11.6 Å². The molecule has 88 valence electrons. The Morgan fingerprint density at radius 2 is 0.778 bits per heavy atom. The smallest absolute Gasteiger partial charge is 0.178 e. The molecule has 0 fully saturated rings. The Morgan fingerprint density at radius 1 is 0.500 bits per heavy atom. The second kappa shape index (κ2) is 5.73. The molecule has 0 atom stereocenters. The number of carbonyl (C=O) groups is 2. The lowest BCUT2D eigenvalue weighted by Crippen LogP contribution is -1.97. The van der Waals surface area contributed by atoms with E-state index in [2.05, 4.69) is 48.5 Å². The molecule has 0 radical (unpaired) electrons. The summed E-state index contributed by atoms with van der Waals surface area (Å²) >= 11 is 0. The zero-order chi connectivity index (χ0) is 12.8. The van der Waals surface area contributed by atoms with Gasteiger partial charge in [0.2, 0.25) is 0 Å². The molecule has 0 spiro atoms. The highest BCUT2D eigenvalue weighted by molar-refractivity contribution is 6.14. The first-order valence-electron chi connectivity index (χ1n) is 5.63. The number of hydrogen-bond acceptors (Lipinski definition) is 2. The van der Waals surface area contributed by atoms with Crippen molar-refractivity contribution < 1.29 is 9.59 Å². The monoisotopic (exact) mass is 236 g/mol. The van der Waals surface area contributed by atoms with Crippen molar-refractivity contribution in [2.75, 3.05) is 0 Å². The molecule has 0 N–H and O–H groups in total. The van der Waals surface area contributed by atoms with Crippen LogP contribution in [0.4, 0.5) is 0 Å². The molecule has 2 heteroatoms. The van der Waals surface area contributed by atoms with Crippen LogP contribution in [0.15, 0.2) is 72.8 Å². The van der Waals surface area contributed by atoms with Crippen LogP contribution in [0.1, 0.15) is 0 Å². The average Bonchev–Trinajstić information content (AvgIpc) is 2.43. The molecule has 3 rings (SSSR count). The van der Waals surface area contributed by atoms with Gasteiger partial charge in [-0.2, -0.15) is 0 Å². The van der Waals surface area contributed by atoms with Crippen molar-refractivity contribution >= 4 is 22.3 Å². The van der Waals surface area contributed by atoms with E-state index in [1.54, 1.807) is 0 Å². The van der Waals surface area contributed by atoms with E-state index in [4.69, 9.17) is 0 Å². The Morgan fingerprint density at radius 3 is 1.06 bits per heavy atom. The summed E-state index contributed by atoms with van der Waals surface area (Å²) in [6, 6.07) is 16.7. The highest BCUT2D eigenvalue weighted by atomic mass is 16.1. The molecule has 0 bridgehead atoms. The third-order valence-electron chi connectivity index (χ3n) is 2.48. The maximum absolute atomic E-state index is 10.3. The Balaban J connectivity index is 0.000000138. The first-order valence-corrected chi connectivity index (χ1v) is 5.63. The topological polar surface area (TPSA) is 34.1 Å². The minimum Gasteiger partial charge on any atom is -0.290 e. The standard InChI is InChI=1S/C10H8.C6H4O2/c1-2-6-10-8-4-3-7-9(10)5-1;7-5-1-2-6(8)4-3-5/h1-8H;1-4H. The summed E-state index contributed by atoms with van der Waals surface area (Å²) in [6.07, 6.45) is 5.01. The number of benzene rings is 2. The quantitative estimate of drug-likeness (QED) is 0.659. The molecular weight excluding hydrogens is 224 g/mol. The van der Waals surface area contributed by atoms with Gasteiger partial charge in [-0.15, -0.1) is 0 Å². The van der Waals surface area contributed by atoms with Gasteiger partial charge in [0.05, 0.1) is 0 Å². The van der Waals surface area contributed by atoms with E-state index >= 15 is 0 Å². The first kappa shape index (κ1) is 12.0. The fraction of sp³-hybridized carbons (Fsp3) is 0. The van der Waals surface area contributed by atoms with Crippen LogP contribution in [0.3, 0.4) is 0 Å². The Hall–Kier alpha value is -2.48. The summed E-state index contributed by atoms with van der Waals surface area (Å²) in [5.41, 5.74) is 0. The average molecular weight is 236 g/mol. The van der Waals surface area contributed by atoms with Crippen LogP contribution in [-0.2, 0) is 9.59 Å². The highest BCUT2D eigenvalue weighted by Crippen LogP contribution is 2.11. The molecule has 0 aromatic heterocycles. The van der Waals surface area contributed by atoms with E-state index in [9.17, 15) is 9.59 Å². The molecule has 1 aliphatic carbocycles. The van der Waals surface area contributed by atoms with Gasteiger partial charge in [0, 0.05) is 0 Å². The molecule has 18 heavy (non-hydrogen) atoms. The van der Waals surface area contributed by atoms with Crippen LogP contribution in [0, 0.1) is 0 Å². The van der Waals surface area contributed by atoms with E-state index in [-0.39, 0.29) is 11.6 Å². The van der Waals surface area contributed by atoms with Gasteiger partial charge in [-0.25, -0.2) is 0 Å². The van der Waals surface area contributed by atoms with Crippen LogP contribution in [0.2, 0.25) is 0 Å². The number of hydrogen-bond donors (Lipinski definition) is 0. The van der Waals surface area contributed by atoms with Gasteiger partial charge in [0.1, 0.15) is 0 Å². The maximum Gasteiger partial charge on any atom is 0.178 e. The maximum atomic E-state index is 10.3. The van der Waals surface area contributed by atoms with E-state index in [0.717, 1.165) is 0 Å². The van der Waals surface area contributed by atoms with Crippen LogP contribution < -0.4 is 0 Å². The van der Waals surface area contributed by atoms with Crippen molar-refractivity contribution in [1.82, 2.24) is 0 Å². The third kappa shape index (κ3) is 3.25. The fourth-order valence-electron chi connectivity index (χ4n) is 1.57. The Bertz CT molecular complexity index is 533. The van der Waals surface area contributed by atoms with Gasteiger partial charge in [0.25, 0.3) is 0 Å². The number of allylic oxidation sites excluding steroid dienone is 4. The predicted octanol–water partition coefficient (Wildman–Crippen LogP) is 3.09. The number of ketones is 2. The molecule has 0 aliphatic heterocycles. The van der Waals surface area contributed by atoms with Crippen molar-refractivity contribution in [3.8, 4) is 0 Å². The molecule has 0 saturated carbocycles. The van der Waals surface area contributed by atoms with Crippen molar-refractivity contribution in [3.63, 3.8) is 0 Å². The lowest BCUT2D eigenvalue weighted by atomic mass is 10.1. The van der Waals surface area contributed by atoms with E-state index < -0.39 is 0 Å². The summed E-state index contributed by atoms with van der Waals surface area (Å²) in [5.74, 6) is -0.241. The lowest BCUT2D eigenvalue weighted by molar-refractivity contribution is -0.113. The Kier molecular flexibility index (Phi) is 3.82. The number of fused-ring (bicyclic) bond motifs is 1. The summed E-state index contributed by atoms with van der Waals surface area (Å²) in [6.45, 7) is 0. The summed E-state index contributed by atoms with van der Waals surface area (Å²) < 4.78 is 0. The van der Waals surface area contributed by atoms with E-state index in [0.29, 0.717) is 0 Å². The largest absolute Gasteiger partial charge is 0.290 e.